The van der Waals surface area contributed by atoms with E-state index in [1.54, 1.807) is 19.2 Å². The first-order chi connectivity index (χ1) is 9.30. The van der Waals surface area contributed by atoms with Crippen LogP contribution in [0.3, 0.4) is 0 Å². The summed E-state index contributed by atoms with van der Waals surface area (Å²) in [7, 11) is 4.63. The van der Waals surface area contributed by atoms with Crippen LogP contribution in [0.2, 0.25) is 0 Å². The maximum Gasteiger partial charge on any atom is 0.225 e. The summed E-state index contributed by atoms with van der Waals surface area (Å²) in [5.41, 5.74) is 0.432. The molecule has 1 rings (SSSR count). The monoisotopic (exact) mass is 281 g/mol. The summed E-state index contributed by atoms with van der Waals surface area (Å²) in [6.45, 7) is 6.03. The molecule has 0 aliphatic carbocycles. The van der Waals surface area contributed by atoms with E-state index in [0.29, 0.717) is 29.4 Å². The van der Waals surface area contributed by atoms with Crippen LogP contribution in [0.4, 0.5) is 5.69 Å². The van der Waals surface area contributed by atoms with E-state index < -0.39 is 0 Å². The van der Waals surface area contributed by atoms with E-state index >= 15 is 0 Å². The first-order valence-corrected chi connectivity index (χ1v) is 6.40. The first kappa shape index (κ1) is 16.1. The molecule has 0 aromatic heterocycles. The molecule has 0 radical (unpaired) electrons. The molecule has 0 saturated carbocycles. The van der Waals surface area contributed by atoms with Gasteiger partial charge in [-0.1, -0.05) is 20.8 Å². The normalized spacial score (nSPS) is 10.9. The van der Waals surface area contributed by atoms with Gasteiger partial charge in [0.25, 0.3) is 0 Å². The van der Waals surface area contributed by atoms with Crippen LogP contribution in [-0.2, 0) is 4.79 Å². The van der Waals surface area contributed by atoms with Gasteiger partial charge in [0.2, 0.25) is 5.91 Å². The summed E-state index contributed by atoms with van der Waals surface area (Å²) >= 11 is 0. The molecule has 20 heavy (non-hydrogen) atoms. The number of hydrogen-bond donors (Lipinski definition) is 1. The van der Waals surface area contributed by atoms with Gasteiger partial charge >= 0.3 is 0 Å². The zero-order chi connectivity index (χ0) is 15.3. The number of methoxy groups -OCH3 is 3. The van der Waals surface area contributed by atoms with Crippen molar-refractivity contribution >= 4 is 11.6 Å². The Morgan fingerprint density at radius 2 is 1.55 bits per heavy atom. The lowest BCUT2D eigenvalue weighted by molar-refractivity contribution is -0.117. The number of rotatable bonds is 5. The van der Waals surface area contributed by atoms with Gasteiger partial charge in [0.1, 0.15) is 22.9 Å². The molecular formula is C15H23NO4. The Morgan fingerprint density at radius 3 is 1.90 bits per heavy atom. The van der Waals surface area contributed by atoms with E-state index in [9.17, 15) is 4.79 Å². The van der Waals surface area contributed by atoms with E-state index in [-0.39, 0.29) is 11.3 Å². The molecule has 1 amide bonds. The van der Waals surface area contributed by atoms with E-state index in [0.717, 1.165) is 0 Å². The zero-order valence-electron chi connectivity index (χ0n) is 13.0. The molecular weight excluding hydrogens is 258 g/mol. The third kappa shape index (κ3) is 4.33. The largest absolute Gasteiger partial charge is 0.496 e. The van der Waals surface area contributed by atoms with E-state index in [2.05, 4.69) is 5.32 Å². The quantitative estimate of drug-likeness (QED) is 0.901. The molecule has 0 fully saturated rings. The Labute approximate surface area is 120 Å². The Bertz CT molecular complexity index is 452. The summed E-state index contributed by atoms with van der Waals surface area (Å²) in [6.07, 6.45) is 0.408. The third-order valence-corrected chi connectivity index (χ3v) is 2.67. The van der Waals surface area contributed by atoms with Crippen LogP contribution in [0.25, 0.3) is 0 Å². The molecule has 5 heteroatoms. The van der Waals surface area contributed by atoms with Gasteiger partial charge in [-0.25, -0.2) is 0 Å². The number of carbonyl (C=O) groups excluding carboxylic acids is 1. The van der Waals surface area contributed by atoms with Gasteiger partial charge in [0.05, 0.1) is 21.3 Å². The lowest BCUT2D eigenvalue weighted by atomic mass is 9.92. The van der Waals surface area contributed by atoms with Gasteiger partial charge in [0.15, 0.2) is 0 Å². The highest BCUT2D eigenvalue weighted by atomic mass is 16.5. The maximum atomic E-state index is 12.1. The fourth-order valence-electron chi connectivity index (χ4n) is 1.79. The molecule has 1 aromatic carbocycles. The molecule has 1 aromatic rings. The number of nitrogens with one attached hydrogen (secondary N) is 1. The summed E-state index contributed by atoms with van der Waals surface area (Å²) in [5, 5.41) is 2.84. The van der Waals surface area contributed by atoms with E-state index in [1.165, 1.54) is 14.2 Å². The van der Waals surface area contributed by atoms with Crippen LogP contribution in [-0.4, -0.2) is 27.2 Å². The first-order valence-electron chi connectivity index (χ1n) is 6.40. The fourth-order valence-corrected chi connectivity index (χ4v) is 1.79. The molecule has 0 unspecified atom stereocenters. The van der Waals surface area contributed by atoms with Gasteiger partial charge in [-0.15, -0.1) is 0 Å². The molecule has 5 nitrogen and oxygen atoms in total. The minimum atomic E-state index is -0.0863. The number of carbonyl (C=O) groups is 1. The Balaban J connectivity index is 3.07. The smallest absolute Gasteiger partial charge is 0.225 e. The predicted molar refractivity (Wildman–Crippen MR) is 78.8 cm³/mol. The highest BCUT2D eigenvalue weighted by molar-refractivity contribution is 5.94. The molecule has 0 aliphatic heterocycles. The topological polar surface area (TPSA) is 56.8 Å². The second-order valence-corrected chi connectivity index (χ2v) is 5.69. The predicted octanol–water partition coefficient (Wildman–Crippen LogP) is 3.09. The number of amides is 1. The average Bonchev–Trinajstić information content (AvgIpc) is 2.36. The highest BCUT2D eigenvalue weighted by Crippen LogP contribution is 2.39. The molecule has 0 bridgehead atoms. The minimum Gasteiger partial charge on any atom is -0.496 e. The number of anilines is 1. The minimum absolute atomic E-state index is 0.0840. The number of ether oxygens (including phenoxy) is 3. The molecule has 0 aliphatic rings. The van der Waals surface area contributed by atoms with Crippen LogP contribution in [0.5, 0.6) is 17.2 Å². The standard InChI is InChI=1S/C15H23NO4/c1-15(2,3)9-13(17)16-14-11(19-5)7-10(18-4)8-12(14)20-6/h7-8H,9H2,1-6H3,(H,16,17). The second kappa shape index (κ2) is 6.50. The van der Waals surface area contributed by atoms with Gasteiger partial charge < -0.3 is 19.5 Å². The highest BCUT2D eigenvalue weighted by Gasteiger charge is 2.20. The molecule has 0 saturated heterocycles. The van der Waals surface area contributed by atoms with Crippen LogP contribution in [0.15, 0.2) is 12.1 Å². The van der Waals surface area contributed by atoms with Gasteiger partial charge in [0, 0.05) is 18.6 Å². The lowest BCUT2D eigenvalue weighted by Gasteiger charge is -2.19. The van der Waals surface area contributed by atoms with E-state index in [1.807, 2.05) is 20.8 Å². The molecule has 0 atom stereocenters. The number of benzene rings is 1. The van der Waals surface area contributed by atoms with Crippen LogP contribution >= 0.6 is 0 Å². The van der Waals surface area contributed by atoms with Crippen LogP contribution < -0.4 is 19.5 Å². The van der Waals surface area contributed by atoms with Crippen molar-refractivity contribution in [3.63, 3.8) is 0 Å². The molecule has 1 N–H and O–H groups in total. The Kier molecular flexibility index (Phi) is 5.25. The number of hydrogen-bond acceptors (Lipinski definition) is 4. The van der Waals surface area contributed by atoms with Crippen molar-refractivity contribution in [3.8, 4) is 17.2 Å². The molecule has 112 valence electrons. The van der Waals surface area contributed by atoms with Crippen molar-refractivity contribution in [2.24, 2.45) is 5.41 Å². The van der Waals surface area contributed by atoms with Crippen molar-refractivity contribution in [3.05, 3.63) is 12.1 Å². The summed E-state index contributed by atoms with van der Waals surface area (Å²) in [5.74, 6) is 1.53. The van der Waals surface area contributed by atoms with Crippen molar-refractivity contribution in [2.45, 2.75) is 27.2 Å². The second-order valence-electron chi connectivity index (χ2n) is 5.69. The summed E-state index contributed by atoms with van der Waals surface area (Å²) in [4.78, 5) is 12.1. The summed E-state index contributed by atoms with van der Waals surface area (Å²) in [6, 6.07) is 3.41. The summed E-state index contributed by atoms with van der Waals surface area (Å²) < 4.78 is 15.7. The van der Waals surface area contributed by atoms with E-state index in [4.69, 9.17) is 14.2 Å². The van der Waals surface area contributed by atoms with Gasteiger partial charge in [-0.3, -0.25) is 4.79 Å². The SMILES string of the molecule is COc1cc(OC)c(NC(=O)CC(C)(C)C)c(OC)c1. The van der Waals surface area contributed by atoms with Crippen molar-refractivity contribution in [2.75, 3.05) is 26.6 Å². The Hall–Kier alpha value is -1.91. The molecule has 0 heterocycles. The van der Waals surface area contributed by atoms with Crippen LogP contribution in [0.1, 0.15) is 27.2 Å². The van der Waals surface area contributed by atoms with Gasteiger partial charge in [-0.05, 0) is 5.41 Å². The zero-order valence-corrected chi connectivity index (χ0v) is 13.0. The molecule has 0 spiro atoms. The lowest BCUT2D eigenvalue weighted by Crippen LogP contribution is -2.20. The van der Waals surface area contributed by atoms with Crippen LogP contribution in [0, 0.1) is 5.41 Å². The fraction of sp³-hybridized carbons (Fsp3) is 0.533. The van der Waals surface area contributed by atoms with Crippen molar-refractivity contribution < 1.29 is 19.0 Å². The van der Waals surface area contributed by atoms with Gasteiger partial charge in [-0.2, -0.15) is 0 Å². The van der Waals surface area contributed by atoms with Crippen molar-refractivity contribution in [1.82, 2.24) is 0 Å². The Morgan fingerprint density at radius 1 is 1.05 bits per heavy atom. The third-order valence-electron chi connectivity index (χ3n) is 2.67. The average molecular weight is 281 g/mol. The van der Waals surface area contributed by atoms with Crippen molar-refractivity contribution in [1.29, 1.82) is 0 Å². The maximum absolute atomic E-state index is 12.1.